The summed E-state index contributed by atoms with van der Waals surface area (Å²) in [7, 11) is 0. The van der Waals surface area contributed by atoms with Crippen LogP contribution in [0.2, 0.25) is 0 Å². The molecule has 0 saturated carbocycles. The summed E-state index contributed by atoms with van der Waals surface area (Å²) < 4.78 is 0. The molecule has 0 spiro atoms. The van der Waals surface area contributed by atoms with Crippen LogP contribution in [0.3, 0.4) is 0 Å². The van der Waals surface area contributed by atoms with Crippen LogP contribution in [0.5, 0.6) is 0 Å². The minimum Gasteiger partial charge on any atom is -0.302 e. The van der Waals surface area contributed by atoms with Gasteiger partial charge in [-0.05, 0) is 31.7 Å². The summed E-state index contributed by atoms with van der Waals surface area (Å²) in [4.78, 5) is 2.61. The minimum absolute atomic E-state index is 1.32. The molecule has 1 aliphatic heterocycles. The summed E-state index contributed by atoms with van der Waals surface area (Å²) in [6.07, 6.45) is 4.11. The first-order chi connectivity index (χ1) is 5.43. The zero-order valence-corrected chi connectivity index (χ0v) is 8.33. The number of unbranched alkanes of at least 4 members (excludes halogenated alkanes) is 1. The van der Waals surface area contributed by atoms with E-state index >= 15 is 0 Å². The van der Waals surface area contributed by atoms with E-state index in [9.17, 15) is 0 Å². The van der Waals surface area contributed by atoms with Crippen molar-refractivity contribution in [2.75, 3.05) is 31.1 Å². The first-order valence-electron chi connectivity index (χ1n) is 4.73. The lowest BCUT2D eigenvalue weighted by Gasteiger charge is -2.18. The lowest BCUT2D eigenvalue weighted by molar-refractivity contribution is 0.291. The van der Waals surface area contributed by atoms with Crippen LogP contribution in [-0.4, -0.2) is 36.0 Å². The summed E-state index contributed by atoms with van der Waals surface area (Å²) in [6, 6.07) is 0. The van der Waals surface area contributed by atoms with Crippen molar-refractivity contribution in [1.29, 1.82) is 0 Å². The van der Waals surface area contributed by atoms with Crippen molar-refractivity contribution in [3.8, 4) is 0 Å². The average molecular weight is 173 g/mol. The maximum absolute atomic E-state index is 2.61. The predicted octanol–water partition coefficient (Wildman–Crippen LogP) is 2.23. The molecule has 0 radical (unpaired) electrons. The van der Waals surface area contributed by atoms with Gasteiger partial charge in [0.05, 0.1) is 0 Å². The van der Waals surface area contributed by atoms with Crippen molar-refractivity contribution in [2.24, 2.45) is 0 Å². The van der Waals surface area contributed by atoms with E-state index in [1.54, 1.807) is 0 Å². The number of nitrogens with zero attached hydrogens (tertiary/aromatic N) is 1. The second-order valence-electron chi connectivity index (χ2n) is 3.16. The molecule has 0 amide bonds. The number of hydrogen-bond acceptors (Lipinski definition) is 2. The molecular weight excluding hydrogens is 154 g/mol. The second kappa shape index (κ2) is 5.90. The zero-order valence-electron chi connectivity index (χ0n) is 7.51. The standard InChI is InChI=1S/C9H19NS/c1-2-3-5-10-6-4-8-11-9-7-10/h2-9H2,1H3. The quantitative estimate of drug-likeness (QED) is 0.644. The van der Waals surface area contributed by atoms with Gasteiger partial charge in [0.15, 0.2) is 0 Å². The predicted molar refractivity (Wildman–Crippen MR) is 53.3 cm³/mol. The highest BCUT2D eigenvalue weighted by Crippen LogP contribution is 2.10. The van der Waals surface area contributed by atoms with Crippen molar-refractivity contribution < 1.29 is 0 Å². The second-order valence-corrected chi connectivity index (χ2v) is 4.39. The largest absolute Gasteiger partial charge is 0.302 e. The molecule has 1 heterocycles. The minimum atomic E-state index is 1.32. The molecule has 1 saturated heterocycles. The maximum Gasteiger partial charge on any atom is 0.00723 e. The Labute approximate surface area is 74.5 Å². The highest BCUT2D eigenvalue weighted by Gasteiger charge is 2.07. The van der Waals surface area contributed by atoms with Gasteiger partial charge in [0, 0.05) is 12.3 Å². The molecule has 0 bridgehead atoms. The highest BCUT2D eigenvalue weighted by molar-refractivity contribution is 7.99. The molecule has 0 aliphatic carbocycles. The van der Waals surface area contributed by atoms with Gasteiger partial charge in [-0.25, -0.2) is 0 Å². The summed E-state index contributed by atoms with van der Waals surface area (Å²) in [6.45, 7) is 6.27. The lowest BCUT2D eigenvalue weighted by Crippen LogP contribution is -2.26. The molecule has 66 valence electrons. The van der Waals surface area contributed by atoms with E-state index in [-0.39, 0.29) is 0 Å². The van der Waals surface area contributed by atoms with Crippen LogP contribution in [0.4, 0.5) is 0 Å². The van der Waals surface area contributed by atoms with Crippen LogP contribution in [-0.2, 0) is 0 Å². The third-order valence-electron chi connectivity index (χ3n) is 2.14. The first kappa shape index (κ1) is 9.40. The molecule has 0 aromatic heterocycles. The number of thioether (sulfide) groups is 1. The number of hydrogen-bond donors (Lipinski definition) is 0. The molecule has 0 atom stereocenters. The van der Waals surface area contributed by atoms with Gasteiger partial charge in [0.1, 0.15) is 0 Å². The molecular formula is C9H19NS. The summed E-state index contributed by atoms with van der Waals surface area (Å²) >= 11 is 2.11. The molecule has 0 N–H and O–H groups in total. The normalized spacial score (nSPS) is 21.5. The van der Waals surface area contributed by atoms with Gasteiger partial charge >= 0.3 is 0 Å². The van der Waals surface area contributed by atoms with Crippen molar-refractivity contribution in [2.45, 2.75) is 26.2 Å². The Balaban J connectivity index is 2.09. The van der Waals surface area contributed by atoms with Gasteiger partial charge < -0.3 is 4.90 Å². The fraction of sp³-hybridized carbons (Fsp3) is 1.00. The summed E-state index contributed by atoms with van der Waals surface area (Å²) in [5.74, 6) is 2.73. The smallest absolute Gasteiger partial charge is 0.00723 e. The number of rotatable bonds is 3. The third-order valence-corrected chi connectivity index (χ3v) is 3.19. The fourth-order valence-corrected chi connectivity index (χ4v) is 2.33. The van der Waals surface area contributed by atoms with Gasteiger partial charge in [-0.15, -0.1) is 0 Å². The average Bonchev–Trinajstić information content (AvgIpc) is 2.28. The van der Waals surface area contributed by atoms with E-state index in [0.717, 1.165) is 0 Å². The molecule has 1 aliphatic rings. The molecule has 0 unspecified atom stereocenters. The van der Waals surface area contributed by atoms with Gasteiger partial charge in [-0.1, -0.05) is 13.3 Å². The van der Waals surface area contributed by atoms with Gasteiger partial charge in [-0.2, -0.15) is 11.8 Å². The van der Waals surface area contributed by atoms with E-state index < -0.39 is 0 Å². The SMILES string of the molecule is CCCCN1CCCSCC1. The van der Waals surface area contributed by atoms with E-state index in [0.29, 0.717) is 0 Å². The van der Waals surface area contributed by atoms with E-state index in [2.05, 4.69) is 23.6 Å². The lowest BCUT2D eigenvalue weighted by atomic mass is 10.3. The molecule has 1 fully saturated rings. The van der Waals surface area contributed by atoms with Crippen molar-refractivity contribution in [3.63, 3.8) is 0 Å². The molecule has 1 nitrogen and oxygen atoms in total. The van der Waals surface area contributed by atoms with E-state index in [1.807, 2.05) is 0 Å². The third kappa shape index (κ3) is 4.02. The van der Waals surface area contributed by atoms with Crippen molar-refractivity contribution >= 4 is 11.8 Å². The maximum atomic E-state index is 2.61. The van der Waals surface area contributed by atoms with Crippen molar-refractivity contribution in [3.05, 3.63) is 0 Å². The first-order valence-corrected chi connectivity index (χ1v) is 5.89. The van der Waals surface area contributed by atoms with Crippen LogP contribution in [0.25, 0.3) is 0 Å². The molecule has 2 heteroatoms. The fourth-order valence-electron chi connectivity index (χ4n) is 1.40. The molecule has 0 aromatic carbocycles. The van der Waals surface area contributed by atoms with Crippen LogP contribution in [0.15, 0.2) is 0 Å². The molecule has 1 rings (SSSR count). The summed E-state index contributed by atoms with van der Waals surface area (Å²) in [5, 5.41) is 0. The van der Waals surface area contributed by atoms with Gasteiger partial charge in [0.25, 0.3) is 0 Å². The van der Waals surface area contributed by atoms with Crippen molar-refractivity contribution in [1.82, 2.24) is 4.90 Å². The van der Waals surface area contributed by atoms with Crippen LogP contribution >= 0.6 is 11.8 Å². The van der Waals surface area contributed by atoms with Crippen LogP contribution in [0.1, 0.15) is 26.2 Å². The van der Waals surface area contributed by atoms with E-state index in [1.165, 1.54) is 50.4 Å². The summed E-state index contributed by atoms with van der Waals surface area (Å²) in [5.41, 5.74) is 0. The Morgan fingerprint density at radius 1 is 1.27 bits per heavy atom. The monoisotopic (exact) mass is 173 g/mol. The molecule has 11 heavy (non-hydrogen) atoms. The Morgan fingerprint density at radius 2 is 2.18 bits per heavy atom. The molecule has 0 aromatic rings. The van der Waals surface area contributed by atoms with Crippen LogP contribution < -0.4 is 0 Å². The van der Waals surface area contributed by atoms with Crippen LogP contribution in [0, 0.1) is 0 Å². The zero-order chi connectivity index (χ0) is 7.94. The topological polar surface area (TPSA) is 3.24 Å². The Morgan fingerprint density at radius 3 is 3.00 bits per heavy atom. The van der Waals surface area contributed by atoms with E-state index in [4.69, 9.17) is 0 Å². The van der Waals surface area contributed by atoms with Gasteiger partial charge in [-0.3, -0.25) is 0 Å². The Bertz CT molecular complexity index is 87.6. The Hall–Kier alpha value is 0.310. The van der Waals surface area contributed by atoms with Gasteiger partial charge in [0.2, 0.25) is 0 Å². The highest BCUT2D eigenvalue weighted by atomic mass is 32.2. The Kier molecular flexibility index (Phi) is 5.04.